The molecule has 2 N–H and O–H groups in total. The molecule has 0 unspecified atom stereocenters. The van der Waals surface area contributed by atoms with E-state index in [0.717, 1.165) is 12.1 Å². The van der Waals surface area contributed by atoms with E-state index in [2.05, 4.69) is 10.3 Å². The first-order valence-corrected chi connectivity index (χ1v) is 8.31. The molecular weight excluding hydrogens is 377 g/mol. The van der Waals surface area contributed by atoms with Gasteiger partial charge in [-0.25, -0.2) is 4.79 Å². The molecule has 0 aliphatic heterocycles. The Morgan fingerprint density at radius 3 is 2.29 bits per heavy atom. The average molecular weight is 396 g/mol. The molecule has 28 heavy (non-hydrogen) atoms. The third kappa shape index (κ3) is 4.41. The SMILES string of the molecule is CC(=O)c1c(C)[nH]c(C(=O)O[C@@H](C)C(=O)Nc2ccccc2C(F)(F)F)c1C. The maximum absolute atomic E-state index is 13.0. The standard InChI is InChI=1S/C19H19F3N2O4/c1-9-15(11(3)25)10(2)23-16(9)18(27)28-12(4)17(26)24-14-8-6-5-7-13(14)19(20,21)22/h5-8,12,23H,1-4H3,(H,24,26)/t12-/m0/s1. The number of H-pyrrole nitrogens is 1. The number of anilines is 1. The van der Waals surface area contributed by atoms with Crippen molar-refractivity contribution in [3.63, 3.8) is 0 Å². The summed E-state index contributed by atoms with van der Waals surface area (Å²) in [5.41, 5.74) is -0.225. The maximum atomic E-state index is 13.0. The first-order valence-electron chi connectivity index (χ1n) is 8.31. The fourth-order valence-corrected chi connectivity index (χ4v) is 2.83. The molecule has 0 aliphatic carbocycles. The Morgan fingerprint density at radius 1 is 1.14 bits per heavy atom. The van der Waals surface area contributed by atoms with Crippen LogP contribution in [0.5, 0.6) is 0 Å². The number of carbonyl (C=O) groups is 3. The van der Waals surface area contributed by atoms with Crippen LogP contribution in [0.1, 0.15) is 51.5 Å². The number of carbonyl (C=O) groups excluding carboxylic acids is 3. The minimum atomic E-state index is -4.65. The van der Waals surface area contributed by atoms with Crippen molar-refractivity contribution in [3.8, 4) is 0 Å². The summed E-state index contributed by atoms with van der Waals surface area (Å²) in [7, 11) is 0. The van der Waals surface area contributed by atoms with Crippen molar-refractivity contribution in [3.05, 3.63) is 52.3 Å². The van der Waals surface area contributed by atoms with Crippen molar-refractivity contribution in [2.24, 2.45) is 0 Å². The van der Waals surface area contributed by atoms with Crippen LogP contribution < -0.4 is 5.32 Å². The summed E-state index contributed by atoms with van der Waals surface area (Å²) in [6.45, 7) is 5.76. The number of para-hydroxylation sites is 1. The van der Waals surface area contributed by atoms with Crippen LogP contribution in [0.3, 0.4) is 0 Å². The van der Waals surface area contributed by atoms with Crippen LogP contribution in [-0.4, -0.2) is 28.7 Å². The van der Waals surface area contributed by atoms with Crippen LogP contribution in [0.4, 0.5) is 18.9 Å². The zero-order chi connectivity index (χ0) is 21.2. The smallest absolute Gasteiger partial charge is 0.418 e. The lowest BCUT2D eigenvalue weighted by Crippen LogP contribution is -2.31. The Kier molecular flexibility index (Phi) is 5.96. The topological polar surface area (TPSA) is 88.3 Å². The summed E-state index contributed by atoms with van der Waals surface area (Å²) in [5, 5.41) is 2.12. The molecule has 1 heterocycles. The van der Waals surface area contributed by atoms with E-state index in [1.807, 2.05) is 0 Å². The Morgan fingerprint density at radius 2 is 1.75 bits per heavy atom. The van der Waals surface area contributed by atoms with Crippen molar-refractivity contribution in [2.75, 3.05) is 5.32 Å². The van der Waals surface area contributed by atoms with Crippen LogP contribution in [-0.2, 0) is 15.7 Å². The quantitative estimate of drug-likeness (QED) is 0.590. The molecule has 1 aromatic carbocycles. The average Bonchev–Trinajstić information content (AvgIpc) is 2.88. The third-order valence-corrected chi connectivity index (χ3v) is 4.14. The predicted molar refractivity (Wildman–Crippen MR) is 95.2 cm³/mol. The molecule has 0 spiro atoms. The van der Waals surface area contributed by atoms with Gasteiger partial charge >= 0.3 is 12.1 Å². The number of ketones is 1. The van der Waals surface area contributed by atoms with Crippen molar-refractivity contribution >= 4 is 23.3 Å². The first kappa shape index (κ1) is 21.2. The zero-order valence-corrected chi connectivity index (χ0v) is 15.7. The van der Waals surface area contributed by atoms with Gasteiger partial charge in [0.15, 0.2) is 11.9 Å². The van der Waals surface area contributed by atoms with Gasteiger partial charge in [0, 0.05) is 11.3 Å². The number of esters is 1. The van der Waals surface area contributed by atoms with Gasteiger partial charge in [-0.1, -0.05) is 12.1 Å². The molecule has 6 nitrogen and oxygen atoms in total. The van der Waals surface area contributed by atoms with Gasteiger partial charge in [0.05, 0.1) is 11.3 Å². The summed E-state index contributed by atoms with van der Waals surface area (Å²) < 4.78 is 44.1. The van der Waals surface area contributed by atoms with Gasteiger partial charge in [-0.15, -0.1) is 0 Å². The third-order valence-electron chi connectivity index (χ3n) is 4.14. The minimum absolute atomic E-state index is 0.0121. The summed E-state index contributed by atoms with van der Waals surface area (Å²) in [5.74, 6) is -2.04. The largest absolute Gasteiger partial charge is 0.448 e. The molecular formula is C19H19F3N2O4. The molecule has 150 valence electrons. The number of nitrogens with one attached hydrogen (secondary N) is 2. The van der Waals surface area contributed by atoms with E-state index in [1.165, 1.54) is 26.0 Å². The van der Waals surface area contributed by atoms with Crippen LogP contribution in [0.25, 0.3) is 0 Å². The molecule has 0 bridgehead atoms. The number of amides is 1. The van der Waals surface area contributed by atoms with E-state index in [9.17, 15) is 27.6 Å². The monoisotopic (exact) mass is 396 g/mol. The highest BCUT2D eigenvalue weighted by Gasteiger charge is 2.34. The highest BCUT2D eigenvalue weighted by atomic mass is 19.4. The highest BCUT2D eigenvalue weighted by molar-refractivity contribution is 6.02. The van der Waals surface area contributed by atoms with E-state index >= 15 is 0 Å². The van der Waals surface area contributed by atoms with E-state index in [1.54, 1.807) is 13.8 Å². The van der Waals surface area contributed by atoms with Gasteiger partial charge in [0.1, 0.15) is 5.69 Å². The molecule has 9 heteroatoms. The Bertz CT molecular complexity index is 932. The maximum Gasteiger partial charge on any atom is 0.418 e. The molecule has 1 atom stereocenters. The lowest BCUT2D eigenvalue weighted by molar-refractivity contribution is -0.137. The number of hydrogen-bond donors (Lipinski definition) is 2. The van der Waals surface area contributed by atoms with E-state index < -0.39 is 35.4 Å². The summed E-state index contributed by atoms with van der Waals surface area (Å²) in [6.07, 6.45) is -6.01. The fraction of sp³-hybridized carbons (Fsp3) is 0.316. The molecule has 2 rings (SSSR count). The molecule has 1 amide bonds. The van der Waals surface area contributed by atoms with Gasteiger partial charge in [0.25, 0.3) is 5.91 Å². The number of Topliss-reactive ketones (excluding diaryl/α,β-unsaturated/α-hetero) is 1. The lowest BCUT2D eigenvalue weighted by atomic mass is 10.1. The second-order valence-corrected chi connectivity index (χ2v) is 6.26. The second kappa shape index (κ2) is 7.87. The first-order chi connectivity index (χ1) is 12.9. The van der Waals surface area contributed by atoms with Crippen molar-refractivity contribution in [2.45, 2.75) is 40.0 Å². The molecule has 0 saturated carbocycles. The van der Waals surface area contributed by atoms with Crippen LogP contribution in [0.2, 0.25) is 0 Å². The highest BCUT2D eigenvalue weighted by Crippen LogP contribution is 2.34. The predicted octanol–water partition coefficient (Wildman–Crippen LogP) is 4.04. The molecule has 0 aliphatic rings. The van der Waals surface area contributed by atoms with Crippen LogP contribution >= 0.6 is 0 Å². The van der Waals surface area contributed by atoms with Gasteiger partial charge in [-0.3, -0.25) is 9.59 Å². The Labute approximate surface area is 159 Å². The number of hydrogen-bond acceptors (Lipinski definition) is 4. The Hall–Kier alpha value is -3.10. The van der Waals surface area contributed by atoms with Gasteiger partial charge in [-0.05, 0) is 45.4 Å². The van der Waals surface area contributed by atoms with Crippen molar-refractivity contribution in [1.29, 1.82) is 0 Å². The number of aromatic nitrogens is 1. The van der Waals surface area contributed by atoms with Gasteiger partial charge < -0.3 is 15.0 Å². The van der Waals surface area contributed by atoms with Crippen LogP contribution in [0.15, 0.2) is 24.3 Å². The van der Waals surface area contributed by atoms with E-state index in [-0.39, 0.29) is 11.5 Å². The van der Waals surface area contributed by atoms with Crippen LogP contribution in [0, 0.1) is 13.8 Å². The van der Waals surface area contributed by atoms with Crippen molar-refractivity contribution in [1.82, 2.24) is 4.98 Å². The number of rotatable bonds is 5. The van der Waals surface area contributed by atoms with E-state index in [4.69, 9.17) is 4.74 Å². The fourth-order valence-electron chi connectivity index (χ4n) is 2.83. The number of ether oxygens (including phenoxy) is 1. The van der Waals surface area contributed by atoms with Gasteiger partial charge in [-0.2, -0.15) is 13.2 Å². The van der Waals surface area contributed by atoms with E-state index in [0.29, 0.717) is 16.8 Å². The molecule has 1 aromatic heterocycles. The minimum Gasteiger partial charge on any atom is -0.448 e. The molecule has 0 saturated heterocycles. The molecule has 0 fully saturated rings. The number of aromatic amines is 1. The van der Waals surface area contributed by atoms with Crippen molar-refractivity contribution < 1.29 is 32.3 Å². The van der Waals surface area contributed by atoms with Gasteiger partial charge in [0.2, 0.25) is 0 Å². The zero-order valence-electron chi connectivity index (χ0n) is 15.7. The molecule has 2 aromatic rings. The molecule has 0 radical (unpaired) electrons. The number of benzene rings is 1. The Balaban J connectivity index is 2.15. The number of alkyl halides is 3. The normalized spacial score (nSPS) is 12.4. The summed E-state index contributed by atoms with van der Waals surface area (Å²) in [6, 6.07) is 4.48. The summed E-state index contributed by atoms with van der Waals surface area (Å²) >= 11 is 0. The summed E-state index contributed by atoms with van der Waals surface area (Å²) in [4.78, 5) is 38.9. The number of halogens is 3. The number of aryl methyl sites for hydroxylation is 1. The lowest BCUT2D eigenvalue weighted by Gasteiger charge is -2.16. The second-order valence-electron chi connectivity index (χ2n) is 6.26.